The summed E-state index contributed by atoms with van der Waals surface area (Å²) in [5.41, 5.74) is 7.33. The number of hydrogen-bond acceptors (Lipinski definition) is 5. The van der Waals surface area contributed by atoms with E-state index >= 15 is 0 Å². The van der Waals surface area contributed by atoms with E-state index in [0.29, 0.717) is 5.57 Å². The Balaban J connectivity index is 0.000000310. The molecular formula is C35H33N3O3S. The molecule has 6 nitrogen and oxygen atoms in total. The minimum atomic E-state index is -4.27. The summed E-state index contributed by atoms with van der Waals surface area (Å²) in [6.45, 7) is 7.95. The number of hydrogen-bond donors (Lipinski definition) is 0. The van der Waals surface area contributed by atoms with Gasteiger partial charge < -0.3 is 9.45 Å². The van der Waals surface area contributed by atoms with Gasteiger partial charge in [-0.3, -0.25) is 0 Å². The highest BCUT2D eigenvalue weighted by molar-refractivity contribution is 7.85. The molecule has 0 radical (unpaired) electrons. The van der Waals surface area contributed by atoms with Gasteiger partial charge in [0.2, 0.25) is 5.52 Å². The number of pyridine rings is 1. The van der Waals surface area contributed by atoms with E-state index in [1.165, 1.54) is 34.3 Å². The maximum absolute atomic E-state index is 10.4. The number of anilines is 1. The molecular weight excluding hydrogens is 542 g/mol. The molecule has 3 aromatic carbocycles. The third-order valence-electron chi connectivity index (χ3n) is 6.92. The van der Waals surface area contributed by atoms with Crippen LogP contribution >= 0.6 is 0 Å². The van der Waals surface area contributed by atoms with Gasteiger partial charge in [0.05, 0.1) is 21.9 Å². The third-order valence-corrected chi connectivity index (χ3v) is 7.77. The summed E-state index contributed by atoms with van der Waals surface area (Å²) in [7, 11) is -4.27. The summed E-state index contributed by atoms with van der Waals surface area (Å²) in [5.74, 6) is 0. The molecule has 0 aliphatic carbocycles. The fraction of sp³-hybridized carbons (Fsp3) is 0.143. The Kier molecular flexibility index (Phi) is 9.87. The first-order chi connectivity index (χ1) is 20.2. The molecule has 1 aliphatic heterocycles. The van der Waals surface area contributed by atoms with Crippen molar-refractivity contribution in [3.8, 4) is 6.07 Å². The van der Waals surface area contributed by atoms with Crippen LogP contribution in [0.5, 0.6) is 0 Å². The average molecular weight is 576 g/mol. The van der Waals surface area contributed by atoms with E-state index in [0.717, 1.165) is 29.8 Å². The number of nitrogens with zero attached hydrogens (tertiary/aromatic N) is 3. The van der Waals surface area contributed by atoms with Gasteiger partial charge in [-0.25, -0.2) is 8.42 Å². The maximum atomic E-state index is 10.4. The van der Waals surface area contributed by atoms with Crippen LogP contribution in [0, 0.1) is 18.3 Å². The van der Waals surface area contributed by atoms with Crippen molar-refractivity contribution in [2.45, 2.75) is 32.2 Å². The van der Waals surface area contributed by atoms with Crippen LogP contribution in [-0.2, 0) is 16.7 Å². The second kappa shape index (κ2) is 13.7. The molecule has 7 heteroatoms. The van der Waals surface area contributed by atoms with Crippen LogP contribution in [0.2, 0.25) is 0 Å². The van der Waals surface area contributed by atoms with Gasteiger partial charge in [0.15, 0.2) is 6.20 Å². The summed E-state index contributed by atoms with van der Waals surface area (Å²) in [4.78, 5) is 2.05. The molecule has 0 amide bonds. The molecule has 1 aromatic heterocycles. The zero-order valence-electron chi connectivity index (χ0n) is 23.9. The molecule has 0 N–H and O–H groups in total. The Bertz CT molecular complexity index is 1840. The van der Waals surface area contributed by atoms with Gasteiger partial charge in [0, 0.05) is 36.1 Å². The first-order valence-corrected chi connectivity index (χ1v) is 15.1. The van der Waals surface area contributed by atoms with Crippen LogP contribution in [0.4, 0.5) is 5.69 Å². The topological polar surface area (TPSA) is 88.1 Å². The van der Waals surface area contributed by atoms with Crippen LogP contribution < -0.4 is 9.47 Å². The first-order valence-electron chi connectivity index (χ1n) is 13.7. The predicted octanol–water partition coefficient (Wildman–Crippen LogP) is 6.95. The van der Waals surface area contributed by atoms with Crippen molar-refractivity contribution in [1.82, 2.24) is 0 Å². The second-order valence-corrected chi connectivity index (χ2v) is 11.0. The number of allylic oxidation sites excluding steroid dienone is 6. The number of para-hydroxylation sites is 2. The van der Waals surface area contributed by atoms with E-state index in [1.807, 2.05) is 31.2 Å². The molecule has 0 saturated heterocycles. The Morgan fingerprint density at radius 1 is 1.00 bits per heavy atom. The van der Waals surface area contributed by atoms with Crippen LogP contribution in [0.3, 0.4) is 0 Å². The Labute approximate surface area is 248 Å². The summed E-state index contributed by atoms with van der Waals surface area (Å²) in [6, 6.07) is 27.0. The minimum absolute atomic E-state index is 0.178. The van der Waals surface area contributed by atoms with Crippen molar-refractivity contribution in [1.29, 1.82) is 5.26 Å². The standard InChI is InChI=1S/C28H26N3.C7H8O3S/c1-3-30-19-17-23(25-9-5-7-11-27(25)30)15-13-22(21-29)14-16-24-18-20-31(4-2)28-12-8-6-10-26(24)28;1-6-2-4-7(5-3-6)11(8,9)10/h5-20H,3-4H2,1-2H3;2-5H,1H3,(H,8,9,10)/q+1;/p-1. The molecule has 5 rings (SSSR count). The van der Waals surface area contributed by atoms with Gasteiger partial charge in [0.25, 0.3) is 0 Å². The Morgan fingerprint density at radius 2 is 1.71 bits per heavy atom. The average Bonchev–Trinajstić information content (AvgIpc) is 3.01. The highest BCUT2D eigenvalue weighted by atomic mass is 32.2. The van der Waals surface area contributed by atoms with E-state index in [4.69, 9.17) is 0 Å². The lowest BCUT2D eigenvalue weighted by Gasteiger charge is -2.26. The number of fused-ring (bicyclic) bond motifs is 2. The molecule has 2 heterocycles. The molecule has 4 aromatic rings. The van der Waals surface area contributed by atoms with E-state index in [-0.39, 0.29) is 4.90 Å². The fourth-order valence-electron chi connectivity index (χ4n) is 4.65. The zero-order chi connectivity index (χ0) is 30.1. The van der Waals surface area contributed by atoms with Gasteiger partial charge in [-0.1, -0.05) is 60.2 Å². The first kappa shape index (κ1) is 30.2. The number of benzene rings is 3. The van der Waals surface area contributed by atoms with E-state index in [9.17, 15) is 18.2 Å². The van der Waals surface area contributed by atoms with E-state index in [2.05, 4.69) is 102 Å². The van der Waals surface area contributed by atoms with Gasteiger partial charge in [-0.15, -0.1) is 0 Å². The highest BCUT2D eigenvalue weighted by Crippen LogP contribution is 2.32. The minimum Gasteiger partial charge on any atom is -0.744 e. The molecule has 212 valence electrons. The second-order valence-electron chi connectivity index (χ2n) is 9.65. The van der Waals surface area contributed by atoms with Crippen molar-refractivity contribution < 1.29 is 17.5 Å². The van der Waals surface area contributed by atoms with Crippen molar-refractivity contribution in [2.75, 3.05) is 11.4 Å². The molecule has 0 spiro atoms. The third kappa shape index (κ3) is 7.29. The zero-order valence-corrected chi connectivity index (χ0v) is 24.8. The van der Waals surface area contributed by atoms with Gasteiger partial charge in [-0.2, -0.15) is 9.83 Å². The van der Waals surface area contributed by atoms with Gasteiger partial charge >= 0.3 is 0 Å². The largest absolute Gasteiger partial charge is 0.744 e. The van der Waals surface area contributed by atoms with Crippen molar-refractivity contribution in [3.63, 3.8) is 0 Å². The quantitative estimate of drug-likeness (QED) is 0.107. The monoisotopic (exact) mass is 575 g/mol. The van der Waals surface area contributed by atoms with E-state index in [1.54, 1.807) is 12.1 Å². The molecule has 0 unspecified atom stereocenters. The van der Waals surface area contributed by atoms with Crippen molar-refractivity contribution in [2.24, 2.45) is 0 Å². The van der Waals surface area contributed by atoms with Crippen LogP contribution in [0.15, 0.2) is 126 Å². The molecule has 0 saturated carbocycles. The molecule has 42 heavy (non-hydrogen) atoms. The fourth-order valence-corrected chi connectivity index (χ4v) is 5.12. The smallest absolute Gasteiger partial charge is 0.213 e. The number of aryl methyl sites for hydroxylation is 2. The van der Waals surface area contributed by atoms with Crippen LogP contribution in [0.25, 0.3) is 22.6 Å². The number of aromatic nitrogens is 1. The number of nitriles is 1. The van der Waals surface area contributed by atoms with Gasteiger partial charge in [0.1, 0.15) is 16.7 Å². The predicted molar refractivity (Wildman–Crippen MR) is 168 cm³/mol. The SMILES string of the molecule is CCN1C=C\C(=C/C=C(C#N)/C=C/c2cc[n+](CC)c3ccccc23)c2ccccc21.Cc1ccc(S(=O)(=O)[O-])cc1. The van der Waals surface area contributed by atoms with Crippen LogP contribution in [0.1, 0.15) is 30.5 Å². The number of rotatable bonds is 6. The summed E-state index contributed by atoms with van der Waals surface area (Å²) >= 11 is 0. The normalized spacial score (nSPS) is 14.0. The summed E-state index contributed by atoms with van der Waals surface area (Å²) in [6.07, 6.45) is 14.2. The van der Waals surface area contributed by atoms with Crippen molar-refractivity contribution >= 4 is 38.4 Å². The lowest BCUT2D eigenvalue weighted by Crippen LogP contribution is -2.32. The molecule has 0 bridgehead atoms. The molecule has 1 aliphatic rings. The Morgan fingerprint density at radius 3 is 2.40 bits per heavy atom. The van der Waals surface area contributed by atoms with Gasteiger partial charge in [-0.05, 0) is 74.4 Å². The molecule has 0 atom stereocenters. The van der Waals surface area contributed by atoms with Crippen LogP contribution in [-0.4, -0.2) is 19.5 Å². The lowest BCUT2D eigenvalue weighted by atomic mass is 9.99. The molecule has 0 fully saturated rings. The maximum Gasteiger partial charge on any atom is 0.213 e. The summed E-state index contributed by atoms with van der Waals surface area (Å²) < 4.78 is 33.4. The highest BCUT2D eigenvalue weighted by Gasteiger charge is 2.14. The van der Waals surface area contributed by atoms with E-state index < -0.39 is 10.1 Å². The van der Waals surface area contributed by atoms with Crippen molar-refractivity contribution in [3.05, 3.63) is 138 Å². The lowest BCUT2D eigenvalue weighted by molar-refractivity contribution is -0.667. The Hall–Kier alpha value is -4.77. The summed E-state index contributed by atoms with van der Waals surface area (Å²) in [5, 5.41) is 10.9.